The first-order chi connectivity index (χ1) is 8.20. The van der Waals surface area contributed by atoms with E-state index in [4.69, 9.17) is 10.3 Å². The Kier molecular flexibility index (Phi) is 3.79. The van der Waals surface area contributed by atoms with Gasteiger partial charge in [-0.1, -0.05) is 19.0 Å². The summed E-state index contributed by atoms with van der Waals surface area (Å²) in [6.45, 7) is 6.11. The van der Waals surface area contributed by atoms with E-state index in [1.807, 2.05) is 0 Å². The fourth-order valence-corrected chi connectivity index (χ4v) is 2.52. The van der Waals surface area contributed by atoms with Gasteiger partial charge in [-0.05, 0) is 31.7 Å². The third-order valence-corrected chi connectivity index (χ3v) is 3.68. The standard InChI is InChI=1S/C12H22N4O/c1-3-5-10-15-11(16-17-10)12(13)6-7-14-8-9(12)4-2/h9,14H,3-8,13H2,1-2H3. The summed E-state index contributed by atoms with van der Waals surface area (Å²) in [6.07, 6.45) is 3.74. The molecular formula is C12H22N4O. The Hall–Kier alpha value is -0.940. The minimum Gasteiger partial charge on any atom is -0.339 e. The predicted molar refractivity (Wildman–Crippen MR) is 65.4 cm³/mol. The van der Waals surface area contributed by atoms with Crippen LogP contribution in [0.25, 0.3) is 0 Å². The quantitative estimate of drug-likeness (QED) is 0.824. The van der Waals surface area contributed by atoms with Gasteiger partial charge >= 0.3 is 0 Å². The molecule has 0 aromatic carbocycles. The van der Waals surface area contributed by atoms with Crippen LogP contribution in [-0.4, -0.2) is 23.2 Å². The normalized spacial score (nSPS) is 29.5. The molecule has 0 saturated carbocycles. The zero-order valence-electron chi connectivity index (χ0n) is 10.7. The van der Waals surface area contributed by atoms with Crippen molar-refractivity contribution in [3.63, 3.8) is 0 Å². The number of aromatic nitrogens is 2. The van der Waals surface area contributed by atoms with Crippen molar-refractivity contribution in [2.24, 2.45) is 11.7 Å². The van der Waals surface area contributed by atoms with Crippen LogP contribution in [0.4, 0.5) is 0 Å². The van der Waals surface area contributed by atoms with E-state index < -0.39 is 5.54 Å². The highest BCUT2D eigenvalue weighted by atomic mass is 16.5. The lowest BCUT2D eigenvalue weighted by atomic mass is 9.77. The first-order valence-corrected chi connectivity index (χ1v) is 6.53. The molecule has 0 aliphatic carbocycles. The Morgan fingerprint density at radius 1 is 1.53 bits per heavy atom. The highest BCUT2D eigenvalue weighted by molar-refractivity contribution is 5.09. The van der Waals surface area contributed by atoms with Gasteiger partial charge in [-0.25, -0.2) is 0 Å². The Bertz CT molecular complexity index is 365. The maximum Gasteiger partial charge on any atom is 0.226 e. The number of aryl methyl sites for hydroxylation is 1. The number of nitrogens with two attached hydrogens (primary N) is 1. The predicted octanol–water partition coefficient (Wildman–Crippen LogP) is 1.20. The number of rotatable bonds is 4. The Morgan fingerprint density at radius 3 is 3.06 bits per heavy atom. The SMILES string of the molecule is CCCc1nc(C2(N)CCNCC2CC)no1. The molecule has 2 atom stereocenters. The molecule has 2 unspecified atom stereocenters. The molecule has 2 heterocycles. The average Bonchev–Trinajstić information content (AvgIpc) is 2.79. The second-order valence-corrected chi connectivity index (χ2v) is 4.86. The van der Waals surface area contributed by atoms with Crippen molar-refractivity contribution in [3.05, 3.63) is 11.7 Å². The molecule has 0 bridgehead atoms. The van der Waals surface area contributed by atoms with Crippen LogP contribution < -0.4 is 11.1 Å². The van der Waals surface area contributed by atoms with Crippen LogP contribution in [0, 0.1) is 5.92 Å². The minimum absolute atomic E-state index is 0.378. The lowest BCUT2D eigenvalue weighted by molar-refractivity contribution is 0.184. The molecule has 1 aromatic heterocycles. The lowest BCUT2D eigenvalue weighted by Crippen LogP contribution is -2.54. The second-order valence-electron chi connectivity index (χ2n) is 4.86. The van der Waals surface area contributed by atoms with Gasteiger partial charge in [-0.3, -0.25) is 0 Å². The zero-order valence-corrected chi connectivity index (χ0v) is 10.7. The van der Waals surface area contributed by atoms with Crippen LogP contribution in [0.3, 0.4) is 0 Å². The molecule has 0 spiro atoms. The average molecular weight is 238 g/mol. The molecular weight excluding hydrogens is 216 g/mol. The highest BCUT2D eigenvalue weighted by Gasteiger charge is 2.41. The maximum absolute atomic E-state index is 6.52. The van der Waals surface area contributed by atoms with Crippen molar-refractivity contribution >= 4 is 0 Å². The molecule has 3 N–H and O–H groups in total. The van der Waals surface area contributed by atoms with Crippen molar-refractivity contribution in [1.82, 2.24) is 15.5 Å². The van der Waals surface area contributed by atoms with Crippen molar-refractivity contribution in [2.45, 2.75) is 45.1 Å². The fourth-order valence-electron chi connectivity index (χ4n) is 2.52. The van der Waals surface area contributed by atoms with Crippen molar-refractivity contribution < 1.29 is 4.52 Å². The van der Waals surface area contributed by atoms with Crippen molar-refractivity contribution in [1.29, 1.82) is 0 Å². The van der Waals surface area contributed by atoms with Crippen LogP contribution in [-0.2, 0) is 12.0 Å². The van der Waals surface area contributed by atoms with E-state index in [1.54, 1.807) is 0 Å². The van der Waals surface area contributed by atoms with Gasteiger partial charge in [0, 0.05) is 13.0 Å². The molecule has 5 nitrogen and oxygen atoms in total. The minimum atomic E-state index is -0.421. The number of nitrogens with one attached hydrogen (secondary N) is 1. The second kappa shape index (κ2) is 5.14. The van der Waals surface area contributed by atoms with Crippen LogP contribution in [0.15, 0.2) is 4.52 Å². The molecule has 0 radical (unpaired) electrons. The lowest BCUT2D eigenvalue weighted by Gasteiger charge is -2.38. The molecule has 2 rings (SSSR count). The van der Waals surface area contributed by atoms with Gasteiger partial charge in [0.2, 0.25) is 5.89 Å². The monoisotopic (exact) mass is 238 g/mol. The van der Waals surface area contributed by atoms with Gasteiger partial charge < -0.3 is 15.6 Å². The summed E-state index contributed by atoms with van der Waals surface area (Å²) in [6, 6.07) is 0. The molecule has 0 amide bonds. The third-order valence-electron chi connectivity index (χ3n) is 3.68. The smallest absolute Gasteiger partial charge is 0.226 e. The number of hydrogen-bond donors (Lipinski definition) is 2. The third kappa shape index (κ3) is 2.35. The van der Waals surface area contributed by atoms with E-state index in [2.05, 4.69) is 29.3 Å². The first kappa shape index (κ1) is 12.5. The molecule has 1 aliphatic rings. The van der Waals surface area contributed by atoms with Crippen LogP contribution in [0.5, 0.6) is 0 Å². The summed E-state index contributed by atoms with van der Waals surface area (Å²) in [4.78, 5) is 4.46. The molecule has 1 fully saturated rings. The van der Waals surface area contributed by atoms with Gasteiger partial charge in [0.15, 0.2) is 5.82 Å². The van der Waals surface area contributed by atoms with E-state index in [0.717, 1.165) is 38.8 Å². The van der Waals surface area contributed by atoms with Gasteiger partial charge in [-0.2, -0.15) is 4.98 Å². The summed E-state index contributed by atoms with van der Waals surface area (Å²) in [7, 11) is 0. The van der Waals surface area contributed by atoms with Crippen LogP contribution in [0.1, 0.15) is 44.8 Å². The summed E-state index contributed by atoms with van der Waals surface area (Å²) in [5, 5.41) is 7.47. The topological polar surface area (TPSA) is 77.0 Å². The van der Waals surface area contributed by atoms with Crippen LogP contribution >= 0.6 is 0 Å². The van der Waals surface area contributed by atoms with Gasteiger partial charge in [0.1, 0.15) is 0 Å². The number of hydrogen-bond acceptors (Lipinski definition) is 5. The molecule has 1 aromatic rings. The molecule has 5 heteroatoms. The molecule has 1 saturated heterocycles. The molecule has 96 valence electrons. The van der Waals surface area contributed by atoms with E-state index in [0.29, 0.717) is 17.6 Å². The summed E-state index contributed by atoms with van der Waals surface area (Å²) < 4.78 is 5.25. The largest absolute Gasteiger partial charge is 0.339 e. The molecule has 17 heavy (non-hydrogen) atoms. The number of piperidine rings is 1. The van der Waals surface area contributed by atoms with Crippen molar-refractivity contribution in [3.8, 4) is 0 Å². The Balaban J connectivity index is 2.21. The van der Waals surface area contributed by atoms with E-state index in [1.165, 1.54) is 0 Å². The highest BCUT2D eigenvalue weighted by Crippen LogP contribution is 2.32. The summed E-state index contributed by atoms with van der Waals surface area (Å²) >= 11 is 0. The van der Waals surface area contributed by atoms with Gasteiger partial charge in [-0.15, -0.1) is 0 Å². The van der Waals surface area contributed by atoms with E-state index >= 15 is 0 Å². The van der Waals surface area contributed by atoms with E-state index in [9.17, 15) is 0 Å². The van der Waals surface area contributed by atoms with Gasteiger partial charge in [0.25, 0.3) is 0 Å². The van der Waals surface area contributed by atoms with E-state index in [-0.39, 0.29) is 0 Å². The Morgan fingerprint density at radius 2 is 2.35 bits per heavy atom. The van der Waals surface area contributed by atoms with Gasteiger partial charge in [0.05, 0.1) is 5.54 Å². The Labute approximate surface area is 102 Å². The fraction of sp³-hybridized carbons (Fsp3) is 0.833. The van der Waals surface area contributed by atoms with Crippen LogP contribution in [0.2, 0.25) is 0 Å². The number of nitrogens with zero attached hydrogens (tertiary/aromatic N) is 2. The zero-order chi connectivity index (χ0) is 12.3. The first-order valence-electron chi connectivity index (χ1n) is 6.53. The summed E-state index contributed by atoms with van der Waals surface area (Å²) in [5.74, 6) is 1.78. The maximum atomic E-state index is 6.52. The summed E-state index contributed by atoms with van der Waals surface area (Å²) in [5.41, 5.74) is 6.10. The van der Waals surface area contributed by atoms with Crippen molar-refractivity contribution in [2.75, 3.05) is 13.1 Å². The molecule has 1 aliphatic heterocycles.